The first kappa shape index (κ1) is 14.0. The van der Waals surface area contributed by atoms with Crippen LogP contribution < -0.4 is 5.32 Å². The van der Waals surface area contributed by atoms with Gasteiger partial charge in [-0.25, -0.2) is 0 Å². The molecule has 1 aromatic carbocycles. The first-order valence-corrected chi connectivity index (χ1v) is 5.79. The zero-order chi connectivity index (χ0) is 11.2. The topological polar surface area (TPSA) is 38.3 Å². The molecule has 0 aromatic heterocycles. The van der Waals surface area contributed by atoms with Gasteiger partial charge in [-0.1, -0.05) is 30.3 Å². The van der Waals surface area contributed by atoms with E-state index in [9.17, 15) is 4.79 Å². The highest BCUT2D eigenvalue weighted by molar-refractivity contribution is 5.85. The van der Waals surface area contributed by atoms with Gasteiger partial charge in [-0.05, 0) is 31.5 Å². The van der Waals surface area contributed by atoms with Crippen molar-refractivity contribution in [3.63, 3.8) is 0 Å². The predicted molar refractivity (Wildman–Crippen MR) is 69.4 cm³/mol. The van der Waals surface area contributed by atoms with Gasteiger partial charge in [0.1, 0.15) is 6.10 Å². The van der Waals surface area contributed by atoms with Gasteiger partial charge in [-0.3, -0.25) is 4.79 Å². The van der Waals surface area contributed by atoms with E-state index in [-0.39, 0.29) is 24.5 Å². The molecule has 94 valence electrons. The van der Waals surface area contributed by atoms with Crippen molar-refractivity contribution < 1.29 is 9.53 Å². The molecule has 0 atom stereocenters. The zero-order valence-corrected chi connectivity index (χ0v) is 10.5. The van der Waals surface area contributed by atoms with Gasteiger partial charge in [0.25, 0.3) is 0 Å². The molecular weight excluding hydrogens is 238 g/mol. The van der Waals surface area contributed by atoms with Gasteiger partial charge < -0.3 is 10.1 Å². The van der Waals surface area contributed by atoms with E-state index in [1.54, 1.807) is 0 Å². The Hall–Kier alpha value is -1.06. The number of esters is 1. The average molecular weight is 256 g/mol. The molecule has 1 aromatic rings. The Morgan fingerprint density at radius 2 is 1.88 bits per heavy atom. The number of carbonyl (C=O) groups is 1. The third-order valence-electron chi connectivity index (χ3n) is 2.78. The van der Waals surface area contributed by atoms with Crippen LogP contribution in [0.1, 0.15) is 18.4 Å². The van der Waals surface area contributed by atoms with Crippen LogP contribution in [0.25, 0.3) is 0 Å². The molecule has 3 nitrogen and oxygen atoms in total. The summed E-state index contributed by atoms with van der Waals surface area (Å²) in [5, 5.41) is 3.25. The van der Waals surface area contributed by atoms with E-state index in [4.69, 9.17) is 4.74 Å². The lowest BCUT2D eigenvalue weighted by Crippen LogP contribution is -2.34. The lowest BCUT2D eigenvalue weighted by molar-refractivity contribution is -0.149. The second-order valence-corrected chi connectivity index (χ2v) is 4.10. The molecule has 0 spiro atoms. The van der Waals surface area contributed by atoms with E-state index < -0.39 is 0 Å². The molecule has 17 heavy (non-hydrogen) atoms. The van der Waals surface area contributed by atoms with Crippen LogP contribution in [0.5, 0.6) is 0 Å². The summed E-state index contributed by atoms with van der Waals surface area (Å²) in [6, 6.07) is 9.72. The maximum atomic E-state index is 11.6. The lowest BCUT2D eigenvalue weighted by Gasteiger charge is -2.22. The van der Waals surface area contributed by atoms with E-state index >= 15 is 0 Å². The monoisotopic (exact) mass is 255 g/mol. The van der Waals surface area contributed by atoms with Crippen molar-refractivity contribution in [1.82, 2.24) is 5.32 Å². The van der Waals surface area contributed by atoms with E-state index in [0.29, 0.717) is 6.42 Å². The van der Waals surface area contributed by atoms with Gasteiger partial charge in [0.2, 0.25) is 0 Å². The summed E-state index contributed by atoms with van der Waals surface area (Å²) in [4.78, 5) is 11.6. The fourth-order valence-electron chi connectivity index (χ4n) is 1.90. The highest BCUT2D eigenvalue weighted by atomic mass is 35.5. The highest BCUT2D eigenvalue weighted by Gasteiger charge is 2.17. The minimum atomic E-state index is -0.113. The molecule has 0 bridgehead atoms. The number of hydrogen-bond donors (Lipinski definition) is 1. The Morgan fingerprint density at radius 3 is 2.53 bits per heavy atom. The van der Waals surface area contributed by atoms with Crippen LogP contribution in [0.3, 0.4) is 0 Å². The van der Waals surface area contributed by atoms with E-state index in [0.717, 1.165) is 31.5 Å². The molecule has 1 N–H and O–H groups in total. The van der Waals surface area contributed by atoms with E-state index in [2.05, 4.69) is 5.32 Å². The molecule has 1 heterocycles. The fraction of sp³-hybridized carbons (Fsp3) is 0.462. The predicted octanol–water partition coefficient (Wildman–Crippen LogP) is 1.95. The molecule has 2 rings (SSSR count). The van der Waals surface area contributed by atoms with Crippen LogP contribution in [0.2, 0.25) is 0 Å². The van der Waals surface area contributed by atoms with Gasteiger partial charge in [-0.2, -0.15) is 0 Å². The van der Waals surface area contributed by atoms with Gasteiger partial charge in [0.15, 0.2) is 0 Å². The maximum Gasteiger partial charge on any atom is 0.310 e. The molecule has 0 saturated carbocycles. The average Bonchev–Trinajstić information content (AvgIpc) is 2.31. The van der Waals surface area contributed by atoms with Crippen molar-refractivity contribution in [3.05, 3.63) is 35.9 Å². The molecule has 1 aliphatic rings. The SMILES string of the molecule is Cl.O=C(Cc1ccccc1)OC1CCNCC1. The quantitative estimate of drug-likeness (QED) is 0.839. The van der Waals surface area contributed by atoms with Gasteiger partial charge in [0, 0.05) is 0 Å². The number of halogens is 1. The molecule has 1 saturated heterocycles. The summed E-state index contributed by atoms with van der Waals surface area (Å²) < 4.78 is 5.42. The second kappa shape index (κ2) is 7.30. The minimum absolute atomic E-state index is 0. The third-order valence-corrected chi connectivity index (χ3v) is 2.78. The summed E-state index contributed by atoms with van der Waals surface area (Å²) in [7, 11) is 0. The third kappa shape index (κ3) is 4.75. The Labute approximate surface area is 108 Å². The van der Waals surface area contributed by atoms with Crippen molar-refractivity contribution in [2.24, 2.45) is 0 Å². The summed E-state index contributed by atoms with van der Waals surface area (Å²) >= 11 is 0. The number of ether oxygens (including phenoxy) is 1. The Kier molecular flexibility index (Phi) is 6.01. The Morgan fingerprint density at radius 1 is 1.24 bits per heavy atom. The summed E-state index contributed by atoms with van der Waals surface area (Å²) in [5.41, 5.74) is 1.02. The molecular formula is C13H18ClNO2. The fourth-order valence-corrected chi connectivity index (χ4v) is 1.90. The zero-order valence-electron chi connectivity index (χ0n) is 9.72. The number of piperidine rings is 1. The van der Waals surface area contributed by atoms with Crippen LogP contribution in [0.15, 0.2) is 30.3 Å². The lowest BCUT2D eigenvalue weighted by atomic mass is 10.1. The second-order valence-electron chi connectivity index (χ2n) is 4.10. The Bertz CT molecular complexity index is 337. The smallest absolute Gasteiger partial charge is 0.310 e. The van der Waals surface area contributed by atoms with Gasteiger partial charge in [-0.15, -0.1) is 12.4 Å². The van der Waals surface area contributed by atoms with Crippen LogP contribution in [0.4, 0.5) is 0 Å². The largest absolute Gasteiger partial charge is 0.462 e. The normalized spacial score (nSPS) is 16.0. The number of carbonyl (C=O) groups excluding carboxylic acids is 1. The minimum Gasteiger partial charge on any atom is -0.462 e. The first-order chi connectivity index (χ1) is 7.84. The Balaban J connectivity index is 0.00000144. The molecule has 4 heteroatoms. The van der Waals surface area contributed by atoms with Crippen molar-refractivity contribution in [2.45, 2.75) is 25.4 Å². The van der Waals surface area contributed by atoms with Crippen molar-refractivity contribution >= 4 is 18.4 Å². The van der Waals surface area contributed by atoms with Gasteiger partial charge >= 0.3 is 5.97 Å². The molecule has 0 aliphatic carbocycles. The molecule has 1 aliphatic heterocycles. The first-order valence-electron chi connectivity index (χ1n) is 5.79. The summed E-state index contributed by atoms with van der Waals surface area (Å²) in [5.74, 6) is -0.113. The molecule has 0 radical (unpaired) electrons. The molecule has 0 unspecified atom stereocenters. The highest BCUT2D eigenvalue weighted by Crippen LogP contribution is 2.09. The summed E-state index contributed by atoms with van der Waals surface area (Å²) in [6.07, 6.45) is 2.35. The van der Waals surface area contributed by atoms with Crippen LogP contribution in [0, 0.1) is 0 Å². The van der Waals surface area contributed by atoms with Crippen molar-refractivity contribution in [2.75, 3.05) is 13.1 Å². The molecule has 0 amide bonds. The van der Waals surface area contributed by atoms with Gasteiger partial charge in [0.05, 0.1) is 6.42 Å². The van der Waals surface area contributed by atoms with Crippen LogP contribution in [-0.4, -0.2) is 25.2 Å². The molecule has 1 fully saturated rings. The van der Waals surface area contributed by atoms with Crippen molar-refractivity contribution in [1.29, 1.82) is 0 Å². The number of hydrogen-bond acceptors (Lipinski definition) is 3. The van der Waals surface area contributed by atoms with E-state index in [1.807, 2.05) is 30.3 Å². The van der Waals surface area contributed by atoms with E-state index in [1.165, 1.54) is 0 Å². The van der Waals surface area contributed by atoms with Crippen molar-refractivity contribution in [3.8, 4) is 0 Å². The standard InChI is InChI=1S/C13H17NO2.ClH/c15-13(10-11-4-2-1-3-5-11)16-12-6-8-14-9-7-12;/h1-5,12,14H,6-10H2;1H. The number of nitrogens with one attached hydrogen (secondary N) is 1. The number of rotatable bonds is 3. The summed E-state index contributed by atoms with van der Waals surface area (Å²) in [6.45, 7) is 1.90. The number of benzene rings is 1. The van der Waals surface area contributed by atoms with Crippen LogP contribution >= 0.6 is 12.4 Å². The maximum absolute atomic E-state index is 11.6. The van der Waals surface area contributed by atoms with Crippen LogP contribution in [-0.2, 0) is 16.0 Å².